The highest BCUT2D eigenvalue weighted by molar-refractivity contribution is 5.97. The number of rotatable bonds is 6. The van der Waals surface area contributed by atoms with Gasteiger partial charge in [-0.1, -0.05) is 29.8 Å². The predicted molar refractivity (Wildman–Crippen MR) is 111 cm³/mol. The molecule has 0 aliphatic rings. The molecule has 29 heavy (non-hydrogen) atoms. The molecule has 0 aliphatic carbocycles. The molecule has 0 spiro atoms. The first kappa shape index (κ1) is 20.1. The Labute approximate surface area is 168 Å². The molecular weight excluding hydrogens is 371 g/mol. The van der Waals surface area contributed by atoms with Gasteiger partial charge in [0.15, 0.2) is 0 Å². The number of carbonyl (C=O) groups is 2. The van der Waals surface area contributed by atoms with Crippen LogP contribution in [-0.2, 0) is 9.59 Å². The third-order valence-corrected chi connectivity index (χ3v) is 4.25. The summed E-state index contributed by atoms with van der Waals surface area (Å²) in [5.74, 6) is -0.242. The van der Waals surface area contributed by atoms with Crippen molar-refractivity contribution in [3.63, 3.8) is 0 Å². The van der Waals surface area contributed by atoms with Gasteiger partial charge in [0.1, 0.15) is 17.3 Å². The quantitative estimate of drug-likeness (QED) is 0.628. The van der Waals surface area contributed by atoms with Gasteiger partial charge in [0.05, 0.1) is 12.1 Å². The van der Waals surface area contributed by atoms with Crippen molar-refractivity contribution < 1.29 is 18.4 Å². The third kappa shape index (κ3) is 5.42. The van der Waals surface area contributed by atoms with Gasteiger partial charge in [-0.3, -0.25) is 9.59 Å². The molecule has 3 aromatic rings. The van der Waals surface area contributed by atoms with Gasteiger partial charge in [-0.2, -0.15) is 0 Å². The summed E-state index contributed by atoms with van der Waals surface area (Å²) in [5.41, 5.74) is 2.12. The topological polar surface area (TPSA) is 62.6 Å². The lowest BCUT2D eigenvalue weighted by molar-refractivity contribution is -0.129. The molecule has 148 valence electrons. The van der Waals surface area contributed by atoms with Gasteiger partial charge in [-0.15, -0.1) is 0 Å². The molecule has 0 saturated carbocycles. The number of anilines is 1. The first-order valence-electron chi connectivity index (χ1n) is 9.07. The molecule has 6 heteroatoms. The molecule has 0 fully saturated rings. The third-order valence-electron chi connectivity index (χ3n) is 4.25. The fourth-order valence-corrected chi connectivity index (χ4v) is 2.66. The van der Waals surface area contributed by atoms with E-state index in [4.69, 9.17) is 4.42 Å². The zero-order chi connectivity index (χ0) is 20.8. The van der Waals surface area contributed by atoms with E-state index in [1.807, 2.05) is 19.1 Å². The lowest BCUT2D eigenvalue weighted by atomic mass is 10.1. The number of nitrogens with one attached hydrogen (secondary N) is 1. The zero-order valence-electron chi connectivity index (χ0n) is 16.2. The SMILES string of the molecule is Cc1ccc(NC(=O)CN(C)C(=O)/C=C/c2ccc(-c3ccccc3F)o2)cc1. The maximum atomic E-state index is 13.8. The number of aryl methyl sites for hydroxylation is 1. The molecule has 3 rings (SSSR count). The second-order valence-corrected chi connectivity index (χ2v) is 6.62. The Balaban J connectivity index is 1.56. The zero-order valence-corrected chi connectivity index (χ0v) is 16.2. The van der Waals surface area contributed by atoms with Crippen molar-refractivity contribution in [3.8, 4) is 11.3 Å². The monoisotopic (exact) mass is 392 g/mol. The minimum Gasteiger partial charge on any atom is -0.457 e. The summed E-state index contributed by atoms with van der Waals surface area (Å²) in [7, 11) is 1.54. The molecule has 2 amide bonds. The van der Waals surface area contributed by atoms with Crippen LogP contribution < -0.4 is 5.32 Å². The van der Waals surface area contributed by atoms with Crippen LogP contribution in [0.1, 0.15) is 11.3 Å². The van der Waals surface area contributed by atoms with E-state index in [2.05, 4.69) is 5.32 Å². The Morgan fingerprint density at radius 2 is 1.79 bits per heavy atom. The van der Waals surface area contributed by atoms with E-state index in [-0.39, 0.29) is 24.2 Å². The minimum atomic E-state index is -0.382. The van der Waals surface area contributed by atoms with E-state index < -0.39 is 0 Å². The molecule has 0 aliphatic heterocycles. The summed E-state index contributed by atoms with van der Waals surface area (Å²) >= 11 is 0. The molecule has 0 radical (unpaired) electrons. The van der Waals surface area contributed by atoms with E-state index in [1.54, 1.807) is 42.5 Å². The van der Waals surface area contributed by atoms with Gasteiger partial charge in [0.25, 0.3) is 0 Å². The number of benzene rings is 2. The van der Waals surface area contributed by atoms with E-state index in [0.29, 0.717) is 22.8 Å². The minimum absolute atomic E-state index is 0.0876. The molecule has 1 N–H and O–H groups in total. The van der Waals surface area contributed by atoms with Crippen molar-refractivity contribution in [2.24, 2.45) is 0 Å². The molecule has 0 atom stereocenters. The number of nitrogens with zero attached hydrogens (tertiary/aromatic N) is 1. The standard InChI is InChI=1S/C23H21FN2O3/c1-16-7-9-17(10-8-16)25-22(27)15-26(2)23(28)14-12-18-11-13-21(29-18)19-5-3-4-6-20(19)24/h3-14H,15H2,1-2H3,(H,25,27)/b14-12+. The highest BCUT2D eigenvalue weighted by Crippen LogP contribution is 2.25. The summed E-state index contributed by atoms with van der Waals surface area (Å²) in [5, 5.41) is 2.74. The van der Waals surface area contributed by atoms with Crippen molar-refractivity contribution in [1.29, 1.82) is 0 Å². The average Bonchev–Trinajstić information content (AvgIpc) is 3.17. The van der Waals surface area contributed by atoms with Crippen LogP contribution in [0.2, 0.25) is 0 Å². The van der Waals surface area contributed by atoms with Crippen molar-refractivity contribution >= 4 is 23.6 Å². The maximum absolute atomic E-state index is 13.8. The summed E-state index contributed by atoms with van der Waals surface area (Å²) in [6, 6.07) is 17.0. The highest BCUT2D eigenvalue weighted by Gasteiger charge is 2.12. The number of hydrogen-bond donors (Lipinski definition) is 1. The molecule has 1 aromatic heterocycles. The number of halogens is 1. The second kappa shape index (κ2) is 9.01. The number of furan rings is 1. The van der Waals surface area contributed by atoms with Crippen LogP contribution in [0.5, 0.6) is 0 Å². The molecule has 0 unspecified atom stereocenters. The number of amides is 2. The summed E-state index contributed by atoms with van der Waals surface area (Å²) in [4.78, 5) is 25.6. The molecule has 1 heterocycles. The number of carbonyl (C=O) groups excluding carboxylic acids is 2. The number of hydrogen-bond acceptors (Lipinski definition) is 3. The first-order chi connectivity index (χ1) is 13.9. The van der Waals surface area contributed by atoms with Crippen LogP contribution >= 0.6 is 0 Å². The van der Waals surface area contributed by atoms with Gasteiger partial charge >= 0.3 is 0 Å². The smallest absolute Gasteiger partial charge is 0.246 e. The van der Waals surface area contributed by atoms with E-state index in [9.17, 15) is 14.0 Å². The van der Waals surface area contributed by atoms with Crippen molar-refractivity contribution in [2.75, 3.05) is 18.9 Å². The van der Waals surface area contributed by atoms with Crippen molar-refractivity contribution in [3.05, 3.63) is 83.9 Å². The van der Waals surface area contributed by atoms with Crippen LogP contribution in [0.4, 0.5) is 10.1 Å². The van der Waals surface area contributed by atoms with Crippen molar-refractivity contribution in [1.82, 2.24) is 4.90 Å². The molecular formula is C23H21FN2O3. The van der Waals surface area contributed by atoms with E-state index in [1.165, 1.54) is 30.2 Å². The van der Waals surface area contributed by atoms with Gasteiger partial charge in [0, 0.05) is 18.8 Å². The lowest BCUT2D eigenvalue weighted by Crippen LogP contribution is -2.33. The van der Waals surface area contributed by atoms with Crippen LogP contribution in [0.15, 0.2) is 71.2 Å². The van der Waals surface area contributed by atoms with Crippen LogP contribution in [-0.4, -0.2) is 30.3 Å². The van der Waals surface area contributed by atoms with Crippen molar-refractivity contribution in [2.45, 2.75) is 6.92 Å². The maximum Gasteiger partial charge on any atom is 0.246 e. The van der Waals surface area contributed by atoms with Crippen LogP contribution in [0.25, 0.3) is 17.4 Å². The van der Waals surface area contributed by atoms with Crippen LogP contribution in [0.3, 0.4) is 0 Å². The Kier molecular flexibility index (Phi) is 6.24. The fraction of sp³-hybridized carbons (Fsp3) is 0.130. The fourth-order valence-electron chi connectivity index (χ4n) is 2.66. The van der Waals surface area contributed by atoms with Gasteiger partial charge in [0.2, 0.25) is 11.8 Å². The largest absolute Gasteiger partial charge is 0.457 e. The first-order valence-corrected chi connectivity index (χ1v) is 9.07. The Morgan fingerprint density at radius 3 is 2.52 bits per heavy atom. The molecule has 0 bridgehead atoms. The molecule has 2 aromatic carbocycles. The molecule has 0 saturated heterocycles. The number of likely N-dealkylation sites (N-methyl/N-ethyl adjacent to an activating group) is 1. The summed E-state index contributed by atoms with van der Waals surface area (Å²) < 4.78 is 19.4. The van der Waals surface area contributed by atoms with Gasteiger partial charge in [-0.05, 0) is 49.4 Å². The Bertz CT molecular complexity index is 1040. The Hall–Kier alpha value is -3.67. The van der Waals surface area contributed by atoms with E-state index in [0.717, 1.165) is 5.56 Å². The molecule has 5 nitrogen and oxygen atoms in total. The van der Waals surface area contributed by atoms with Crippen LogP contribution in [0, 0.1) is 12.7 Å². The van der Waals surface area contributed by atoms with E-state index >= 15 is 0 Å². The van der Waals surface area contributed by atoms with Gasteiger partial charge < -0.3 is 14.6 Å². The normalized spacial score (nSPS) is 10.9. The Morgan fingerprint density at radius 1 is 1.07 bits per heavy atom. The average molecular weight is 392 g/mol. The predicted octanol–water partition coefficient (Wildman–Crippen LogP) is 4.50. The second-order valence-electron chi connectivity index (χ2n) is 6.62. The highest BCUT2D eigenvalue weighted by atomic mass is 19.1. The lowest BCUT2D eigenvalue weighted by Gasteiger charge is -2.14. The summed E-state index contributed by atoms with van der Waals surface area (Å²) in [6.45, 7) is 1.87. The summed E-state index contributed by atoms with van der Waals surface area (Å²) in [6.07, 6.45) is 2.80. The van der Waals surface area contributed by atoms with Gasteiger partial charge in [-0.25, -0.2) is 4.39 Å².